The summed E-state index contributed by atoms with van der Waals surface area (Å²) in [6.45, 7) is 0.366. The third kappa shape index (κ3) is 2.18. The Morgan fingerprint density at radius 1 is 1.69 bits per heavy atom. The predicted octanol–water partition coefficient (Wildman–Crippen LogP) is -0.958. The molecule has 1 atom stereocenters. The smallest absolute Gasteiger partial charge is 0.245 e. The van der Waals surface area contributed by atoms with Gasteiger partial charge in [-0.25, -0.2) is 4.98 Å². The zero-order chi connectivity index (χ0) is 11.5. The molecule has 1 aliphatic heterocycles. The zero-order valence-corrected chi connectivity index (χ0v) is 8.93. The molecule has 0 aliphatic carbocycles. The van der Waals surface area contributed by atoms with Crippen LogP contribution in [0.15, 0.2) is 6.33 Å². The number of H-pyrrole nitrogens is 1. The monoisotopic (exact) mass is 223 g/mol. The second kappa shape index (κ2) is 4.30. The van der Waals surface area contributed by atoms with E-state index in [1.807, 2.05) is 0 Å². The number of rotatable bonds is 3. The minimum Gasteiger partial charge on any atom is -0.344 e. The Morgan fingerprint density at radius 2 is 2.50 bits per heavy atom. The van der Waals surface area contributed by atoms with Crippen molar-refractivity contribution >= 4 is 11.8 Å². The van der Waals surface area contributed by atoms with Crippen LogP contribution in [0.3, 0.4) is 0 Å². The molecule has 1 saturated heterocycles. The number of carbonyl (C=O) groups is 2. The minimum absolute atomic E-state index is 0.0635. The molecule has 1 aromatic heterocycles. The number of aromatic nitrogens is 3. The van der Waals surface area contributed by atoms with Gasteiger partial charge in [0, 0.05) is 13.5 Å². The second-order valence-electron chi connectivity index (χ2n) is 3.79. The molecule has 0 unspecified atom stereocenters. The maximum atomic E-state index is 11.9. The molecule has 0 spiro atoms. The van der Waals surface area contributed by atoms with E-state index in [1.54, 1.807) is 7.05 Å². The second-order valence-corrected chi connectivity index (χ2v) is 3.79. The fourth-order valence-electron chi connectivity index (χ4n) is 1.67. The van der Waals surface area contributed by atoms with E-state index in [0.717, 1.165) is 0 Å². The van der Waals surface area contributed by atoms with Gasteiger partial charge in [0.1, 0.15) is 18.2 Å². The highest BCUT2D eigenvalue weighted by atomic mass is 16.2. The highest BCUT2D eigenvalue weighted by Gasteiger charge is 2.29. The molecule has 0 radical (unpaired) electrons. The van der Waals surface area contributed by atoms with Crippen LogP contribution >= 0.6 is 0 Å². The number of nitrogens with one attached hydrogen (secondary N) is 2. The Kier molecular flexibility index (Phi) is 2.84. The summed E-state index contributed by atoms with van der Waals surface area (Å²) >= 11 is 0. The van der Waals surface area contributed by atoms with Crippen molar-refractivity contribution < 1.29 is 9.59 Å². The van der Waals surface area contributed by atoms with Gasteiger partial charge in [-0.1, -0.05) is 0 Å². The van der Waals surface area contributed by atoms with E-state index in [-0.39, 0.29) is 17.9 Å². The van der Waals surface area contributed by atoms with Gasteiger partial charge in [-0.15, -0.1) is 0 Å². The van der Waals surface area contributed by atoms with Crippen LogP contribution in [-0.2, 0) is 16.1 Å². The van der Waals surface area contributed by atoms with Gasteiger partial charge in [0.15, 0.2) is 0 Å². The van der Waals surface area contributed by atoms with E-state index in [2.05, 4.69) is 20.5 Å². The number of hydrogen-bond acceptors (Lipinski definition) is 4. The molecule has 1 fully saturated rings. The van der Waals surface area contributed by atoms with Crippen molar-refractivity contribution in [2.45, 2.75) is 25.4 Å². The summed E-state index contributed by atoms with van der Waals surface area (Å²) in [5, 5.41) is 9.02. The lowest BCUT2D eigenvalue weighted by atomic mass is 10.2. The molecule has 0 aromatic carbocycles. The van der Waals surface area contributed by atoms with E-state index >= 15 is 0 Å². The molecule has 16 heavy (non-hydrogen) atoms. The Bertz CT molecular complexity index is 389. The predicted molar refractivity (Wildman–Crippen MR) is 54.0 cm³/mol. The summed E-state index contributed by atoms with van der Waals surface area (Å²) < 4.78 is 0. The van der Waals surface area contributed by atoms with Crippen molar-refractivity contribution in [2.75, 3.05) is 7.05 Å². The summed E-state index contributed by atoms with van der Waals surface area (Å²) in [5.41, 5.74) is 0. The molecular weight excluding hydrogens is 210 g/mol. The van der Waals surface area contributed by atoms with Gasteiger partial charge >= 0.3 is 0 Å². The fraction of sp³-hybridized carbons (Fsp3) is 0.556. The van der Waals surface area contributed by atoms with Crippen LogP contribution in [0, 0.1) is 0 Å². The van der Waals surface area contributed by atoms with Crippen LogP contribution in [0.4, 0.5) is 0 Å². The minimum atomic E-state index is -0.388. The number of amides is 2. The van der Waals surface area contributed by atoms with Crippen molar-refractivity contribution in [1.82, 2.24) is 25.4 Å². The number of aromatic amines is 1. The van der Waals surface area contributed by atoms with Crippen LogP contribution in [0.2, 0.25) is 0 Å². The van der Waals surface area contributed by atoms with Gasteiger partial charge in [0.2, 0.25) is 11.8 Å². The molecular formula is C9H13N5O2. The summed E-state index contributed by atoms with van der Waals surface area (Å²) in [6.07, 6.45) is 2.38. The van der Waals surface area contributed by atoms with E-state index in [1.165, 1.54) is 11.2 Å². The van der Waals surface area contributed by atoms with E-state index in [4.69, 9.17) is 0 Å². The third-order valence-corrected chi connectivity index (χ3v) is 2.52. The normalized spacial score (nSPS) is 19.6. The van der Waals surface area contributed by atoms with Crippen molar-refractivity contribution in [3.05, 3.63) is 12.2 Å². The first-order valence-electron chi connectivity index (χ1n) is 5.05. The van der Waals surface area contributed by atoms with Crippen LogP contribution in [-0.4, -0.2) is 45.0 Å². The Hall–Kier alpha value is -1.92. The number of carbonyl (C=O) groups excluding carboxylic acids is 2. The van der Waals surface area contributed by atoms with Gasteiger partial charge in [-0.2, -0.15) is 5.10 Å². The van der Waals surface area contributed by atoms with Gasteiger partial charge in [-0.05, 0) is 6.42 Å². The van der Waals surface area contributed by atoms with Gasteiger partial charge in [0.05, 0.1) is 6.54 Å². The van der Waals surface area contributed by atoms with Crippen molar-refractivity contribution in [3.63, 3.8) is 0 Å². The quantitative estimate of drug-likeness (QED) is 0.690. The summed E-state index contributed by atoms with van der Waals surface area (Å²) in [5.74, 6) is 0.467. The molecule has 1 aromatic rings. The SMILES string of the molecule is CN(Cc1ncn[nH]1)C(=O)[C@@H]1CCC(=O)N1. The van der Waals surface area contributed by atoms with Gasteiger partial charge in [0.25, 0.3) is 0 Å². The Morgan fingerprint density at radius 3 is 3.06 bits per heavy atom. The number of hydrogen-bond donors (Lipinski definition) is 2. The van der Waals surface area contributed by atoms with E-state index in [0.29, 0.717) is 25.2 Å². The highest BCUT2D eigenvalue weighted by molar-refractivity contribution is 5.90. The van der Waals surface area contributed by atoms with Crippen molar-refractivity contribution in [1.29, 1.82) is 0 Å². The van der Waals surface area contributed by atoms with Crippen molar-refractivity contribution in [3.8, 4) is 0 Å². The topological polar surface area (TPSA) is 91.0 Å². The van der Waals surface area contributed by atoms with Crippen LogP contribution in [0.5, 0.6) is 0 Å². The average molecular weight is 223 g/mol. The highest BCUT2D eigenvalue weighted by Crippen LogP contribution is 2.09. The molecule has 86 valence electrons. The lowest BCUT2D eigenvalue weighted by Crippen LogP contribution is -2.42. The summed E-state index contributed by atoms with van der Waals surface area (Å²) in [6, 6.07) is -0.388. The fourth-order valence-corrected chi connectivity index (χ4v) is 1.67. The van der Waals surface area contributed by atoms with Crippen molar-refractivity contribution in [2.24, 2.45) is 0 Å². The largest absolute Gasteiger partial charge is 0.344 e. The molecule has 1 aliphatic rings. The Balaban J connectivity index is 1.92. The van der Waals surface area contributed by atoms with E-state index < -0.39 is 0 Å². The van der Waals surface area contributed by atoms with Crippen LogP contribution in [0.25, 0.3) is 0 Å². The first kappa shape index (κ1) is 10.6. The Labute approximate surface area is 92.2 Å². The molecule has 7 nitrogen and oxygen atoms in total. The molecule has 2 amide bonds. The maximum absolute atomic E-state index is 11.9. The van der Waals surface area contributed by atoms with Crippen LogP contribution in [0.1, 0.15) is 18.7 Å². The number of likely N-dealkylation sites (N-methyl/N-ethyl adjacent to an activating group) is 1. The first-order chi connectivity index (χ1) is 7.66. The molecule has 2 N–H and O–H groups in total. The third-order valence-electron chi connectivity index (χ3n) is 2.52. The molecule has 0 saturated carbocycles. The average Bonchev–Trinajstić information content (AvgIpc) is 2.88. The molecule has 7 heteroatoms. The van der Waals surface area contributed by atoms with E-state index in [9.17, 15) is 9.59 Å². The van der Waals surface area contributed by atoms with Gasteiger partial charge in [-0.3, -0.25) is 14.7 Å². The first-order valence-corrected chi connectivity index (χ1v) is 5.05. The lowest BCUT2D eigenvalue weighted by Gasteiger charge is -2.19. The maximum Gasteiger partial charge on any atom is 0.245 e. The van der Waals surface area contributed by atoms with Gasteiger partial charge < -0.3 is 10.2 Å². The van der Waals surface area contributed by atoms with Crippen LogP contribution < -0.4 is 5.32 Å². The summed E-state index contributed by atoms with van der Waals surface area (Å²) in [7, 11) is 1.68. The number of nitrogens with zero attached hydrogens (tertiary/aromatic N) is 3. The zero-order valence-electron chi connectivity index (χ0n) is 8.93. The molecule has 0 bridgehead atoms. The summed E-state index contributed by atoms with van der Waals surface area (Å²) in [4.78, 5) is 28.3. The standard InChI is InChI=1S/C9H13N5O2/c1-14(4-7-10-5-11-13-7)9(16)6-2-3-8(15)12-6/h5-6H,2-4H2,1H3,(H,12,15)(H,10,11,13)/t6-/m0/s1. The molecule has 2 heterocycles. The molecule has 2 rings (SSSR count). The lowest BCUT2D eigenvalue weighted by molar-refractivity contribution is -0.133.